The number of ether oxygens (including phenoxy) is 1. The highest BCUT2D eigenvalue weighted by molar-refractivity contribution is 7.89. The summed E-state index contributed by atoms with van der Waals surface area (Å²) in [6.07, 6.45) is 1.93. The van der Waals surface area contributed by atoms with Crippen molar-refractivity contribution in [3.8, 4) is 5.75 Å². The van der Waals surface area contributed by atoms with E-state index in [2.05, 4.69) is 4.72 Å². The van der Waals surface area contributed by atoms with Crippen LogP contribution in [0, 0.1) is 0 Å². The van der Waals surface area contributed by atoms with E-state index in [1.54, 1.807) is 6.07 Å². The van der Waals surface area contributed by atoms with Crippen molar-refractivity contribution in [3.05, 3.63) is 83.1 Å². The summed E-state index contributed by atoms with van der Waals surface area (Å²) in [4.78, 5) is 0.0219. The summed E-state index contributed by atoms with van der Waals surface area (Å²) in [5.74, 6) is 0.251. The maximum Gasteiger partial charge on any atom is 0.244 e. The maximum absolute atomic E-state index is 12.7. The Bertz CT molecular complexity index is 985. The molecule has 0 aliphatic rings. The average molecular weight is 391 g/mol. The van der Waals surface area contributed by atoms with Crippen molar-refractivity contribution in [1.82, 2.24) is 9.29 Å². The summed E-state index contributed by atoms with van der Waals surface area (Å²) < 4.78 is 35.1. The van der Waals surface area contributed by atoms with E-state index in [1.165, 1.54) is 19.2 Å². The molecule has 0 aliphatic heterocycles. The number of halogens is 1. The normalized spacial score (nSPS) is 11.5. The molecule has 0 bridgehead atoms. The van der Waals surface area contributed by atoms with Crippen molar-refractivity contribution in [2.45, 2.75) is 18.0 Å². The summed E-state index contributed by atoms with van der Waals surface area (Å²) in [7, 11) is -2.34. The quantitative estimate of drug-likeness (QED) is 0.669. The van der Waals surface area contributed by atoms with Crippen LogP contribution in [0.1, 0.15) is 11.3 Å². The van der Waals surface area contributed by atoms with Gasteiger partial charge in [0.1, 0.15) is 10.6 Å². The van der Waals surface area contributed by atoms with Crippen molar-refractivity contribution < 1.29 is 13.2 Å². The SMILES string of the molecule is COc1ccc(Cl)cc1S(=O)(=O)NCc1cccn1Cc1ccccc1. The first-order valence-electron chi connectivity index (χ1n) is 8.01. The Balaban J connectivity index is 1.77. The zero-order chi connectivity index (χ0) is 18.6. The fourth-order valence-electron chi connectivity index (χ4n) is 2.65. The minimum absolute atomic E-state index is 0.0219. The van der Waals surface area contributed by atoms with Gasteiger partial charge in [0.05, 0.1) is 13.7 Å². The van der Waals surface area contributed by atoms with Gasteiger partial charge in [0.25, 0.3) is 0 Å². The highest BCUT2D eigenvalue weighted by Crippen LogP contribution is 2.27. The Hall–Kier alpha value is -2.28. The molecule has 3 aromatic rings. The lowest BCUT2D eigenvalue weighted by atomic mass is 10.2. The summed E-state index contributed by atoms with van der Waals surface area (Å²) in [5.41, 5.74) is 2.00. The van der Waals surface area contributed by atoms with Crippen molar-refractivity contribution in [2.24, 2.45) is 0 Å². The molecule has 0 aliphatic carbocycles. The van der Waals surface area contributed by atoms with Crippen LogP contribution < -0.4 is 9.46 Å². The lowest BCUT2D eigenvalue weighted by molar-refractivity contribution is 0.402. The fraction of sp³-hybridized carbons (Fsp3) is 0.158. The molecule has 0 atom stereocenters. The average Bonchev–Trinajstić information content (AvgIpc) is 3.08. The maximum atomic E-state index is 12.7. The monoisotopic (exact) mass is 390 g/mol. The molecule has 136 valence electrons. The molecule has 0 fully saturated rings. The largest absolute Gasteiger partial charge is 0.495 e. The first-order valence-corrected chi connectivity index (χ1v) is 9.87. The highest BCUT2D eigenvalue weighted by Gasteiger charge is 2.20. The Morgan fingerprint density at radius 3 is 2.58 bits per heavy atom. The summed E-state index contributed by atoms with van der Waals surface area (Å²) in [6.45, 7) is 0.837. The van der Waals surface area contributed by atoms with Crippen LogP contribution in [0.4, 0.5) is 0 Å². The van der Waals surface area contributed by atoms with Gasteiger partial charge in [-0.25, -0.2) is 13.1 Å². The smallest absolute Gasteiger partial charge is 0.244 e. The van der Waals surface area contributed by atoms with Crippen LogP contribution in [0.2, 0.25) is 5.02 Å². The number of nitrogens with zero attached hydrogens (tertiary/aromatic N) is 1. The molecule has 1 N–H and O–H groups in total. The first-order chi connectivity index (χ1) is 12.5. The molecular weight excluding hydrogens is 372 g/mol. The van der Waals surface area contributed by atoms with E-state index in [0.29, 0.717) is 11.6 Å². The second-order valence-electron chi connectivity index (χ2n) is 5.73. The van der Waals surface area contributed by atoms with Crippen LogP contribution in [-0.4, -0.2) is 20.1 Å². The van der Waals surface area contributed by atoms with E-state index < -0.39 is 10.0 Å². The number of aromatic nitrogens is 1. The van der Waals surface area contributed by atoms with Gasteiger partial charge in [-0.1, -0.05) is 41.9 Å². The Morgan fingerprint density at radius 2 is 1.85 bits per heavy atom. The molecule has 1 heterocycles. The molecule has 7 heteroatoms. The fourth-order valence-corrected chi connectivity index (χ4v) is 4.08. The zero-order valence-corrected chi connectivity index (χ0v) is 15.8. The molecular formula is C19H19ClN2O3S. The molecule has 0 amide bonds. The van der Waals surface area contributed by atoms with Crippen LogP contribution in [0.3, 0.4) is 0 Å². The van der Waals surface area contributed by atoms with Gasteiger partial charge < -0.3 is 9.30 Å². The van der Waals surface area contributed by atoms with Gasteiger partial charge in [0.15, 0.2) is 0 Å². The van der Waals surface area contributed by atoms with E-state index in [1.807, 2.05) is 53.2 Å². The van der Waals surface area contributed by atoms with Crippen LogP contribution in [-0.2, 0) is 23.1 Å². The Morgan fingerprint density at radius 1 is 1.08 bits per heavy atom. The molecule has 2 aromatic carbocycles. The summed E-state index contributed by atoms with van der Waals surface area (Å²) >= 11 is 5.94. The number of hydrogen-bond donors (Lipinski definition) is 1. The van der Waals surface area contributed by atoms with E-state index in [0.717, 1.165) is 11.3 Å². The predicted molar refractivity (Wildman–Crippen MR) is 102 cm³/mol. The number of rotatable bonds is 7. The van der Waals surface area contributed by atoms with E-state index in [-0.39, 0.29) is 17.2 Å². The molecule has 0 unspecified atom stereocenters. The molecule has 0 radical (unpaired) electrons. The minimum atomic E-state index is -3.76. The number of hydrogen-bond acceptors (Lipinski definition) is 3. The Kier molecular flexibility index (Phi) is 5.66. The van der Waals surface area contributed by atoms with Crippen LogP contribution >= 0.6 is 11.6 Å². The van der Waals surface area contributed by atoms with Gasteiger partial charge in [-0.3, -0.25) is 0 Å². The molecule has 0 saturated carbocycles. The third kappa shape index (κ3) is 4.27. The van der Waals surface area contributed by atoms with E-state index >= 15 is 0 Å². The molecule has 0 saturated heterocycles. The minimum Gasteiger partial charge on any atom is -0.495 e. The lowest BCUT2D eigenvalue weighted by Gasteiger charge is -2.13. The second-order valence-corrected chi connectivity index (χ2v) is 7.90. The van der Waals surface area contributed by atoms with Crippen molar-refractivity contribution in [1.29, 1.82) is 0 Å². The summed E-state index contributed by atoms with van der Waals surface area (Å²) in [5, 5.41) is 0.332. The molecule has 1 aromatic heterocycles. The molecule has 5 nitrogen and oxygen atoms in total. The number of benzene rings is 2. The molecule has 0 spiro atoms. The standard InChI is InChI=1S/C19H19ClN2O3S/c1-25-18-10-9-16(20)12-19(18)26(23,24)21-13-17-8-5-11-22(17)14-15-6-3-2-4-7-15/h2-12,21H,13-14H2,1H3. The van der Waals surface area contributed by atoms with E-state index in [4.69, 9.17) is 16.3 Å². The van der Waals surface area contributed by atoms with Crippen LogP contribution in [0.15, 0.2) is 71.8 Å². The van der Waals surface area contributed by atoms with Gasteiger partial charge in [-0.2, -0.15) is 0 Å². The Labute approximate surface area is 158 Å². The highest BCUT2D eigenvalue weighted by atomic mass is 35.5. The zero-order valence-electron chi connectivity index (χ0n) is 14.2. The van der Waals surface area contributed by atoms with Gasteiger partial charge in [-0.15, -0.1) is 0 Å². The number of nitrogens with one attached hydrogen (secondary N) is 1. The van der Waals surface area contributed by atoms with Crippen molar-refractivity contribution >= 4 is 21.6 Å². The van der Waals surface area contributed by atoms with Gasteiger partial charge in [-0.05, 0) is 35.9 Å². The molecule has 26 heavy (non-hydrogen) atoms. The van der Waals surface area contributed by atoms with E-state index in [9.17, 15) is 8.42 Å². The predicted octanol–water partition coefficient (Wildman–Crippen LogP) is 3.68. The van der Waals surface area contributed by atoms with Gasteiger partial charge >= 0.3 is 0 Å². The first kappa shape index (κ1) is 18.5. The van der Waals surface area contributed by atoms with Gasteiger partial charge in [0, 0.05) is 23.5 Å². The third-order valence-electron chi connectivity index (χ3n) is 3.98. The number of methoxy groups -OCH3 is 1. The van der Waals surface area contributed by atoms with Crippen molar-refractivity contribution in [3.63, 3.8) is 0 Å². The lowest BCUT2D eigenvalue weighted by Crippen LogP contribution is -2.25. The molecule has 3 rings (SSSR count). The third-order valence-corrected chi connectivity index (χ3v) is 5.64. The topological polar surface area (TPSA) is 60.3 Å². The van der Waals surface area contributed by atoms with Crippen LogP contribution in [0.5, 0.6) is 5.75 Å². The van der Waals surface area contributed by atoms with Gasteiger partial charge in [0.2, 0.25) is 10.0 Å². The summed E-state index contributed by atoms with van der Waals surface area (Å²) in [6, 6.07) is 18.3. The van der Waals surface area contributed by atoms with Crippen LogP contribution in [0.25, 0.3) is 0 Å². The number of sulfonamides is 1. The van der Waals surface area contributed by atoms with Crippen molar-refractivity contribution in [2.75, 3.05) is 7.11 Å². The second kappa shape index (κ2) is 7.95.